The van der Waals surface area contributed by atoms with Gasteiger partial charge in [-0.15, -0.1) is 0 Å². The first-order chi connectivity index (χ1) is 9.13. The van der Waals surface area contributed by atoms with Crippen LogP contribution in [0.15, 0.2) is 18.2 Å². The molecule has 0 bridgehead atoms. The molecule has 4 heteroatoms. The Morgan fingerprint density at radius 3 is 2.89 bits per heavy atom. The number of hydrogen-bond acceptors (Lipinski definition) is 3. The Labute approximate surface area is 114 Å². The van der Waals surface area contributed by atoms with E-state index in [2.05, 4.69) is 11.8 Å². The van der Waals surface area contributed by atoms with Gasteiger partial charge in [-0.1, -0.05) is 13.3 Å². The van der Waals surface area contributed by atoms with Crippen LogP contribution >= 0.6 is 0 Å². The molecular formula is C15H23N3O. The number of anilines is 2. The van der Waals surface area contributed by atoms with Crippen molar-refractivity contribution < 1.29 is 4.79 Å². The van der Waals surface area contributed by atoms with Crippen molar-refractivity contribution in [2.45, 2.75) is 45.1 Å². The second kappa shape index (κ2) is 5.95. The number of rotatable bonds is 4. The summed E-state index contributed by atoms with van der Waals surface area (Å²) in [6.07, 6.45) is 5.89. The zero-order chi connectivity index (χ0) is 13.8. The van der Waals surface area contributed by atoms with Gasteiger partial charge in [0.05, 0.1) is 11.3 Å². The lowest BCUT2D eigenvalue weighted by Gasteiger charge is -2.38. The summed E-state index contributed by atoms with van der Waals surface area (Å²) >= 11 is 0. The van der Waals surface area contributed by atoms with Gasteiger partial charge in [0.15, 0.2) is 0 Å². The topological polar surface area (TPSA) is 72.3 Å². The van der Waals surface area contributed by atoms with Crippen LogP contribution in [-0.2, 0) is 0 Å². The lowest BCUT2D eigenvalue weighted by atomic mass is 9.96. The molecule has 0 saturated carbocycles. The Morgan fingerprint density at radius 2 is 2.21 bits per heavy atom. The Morgan fingerprint density at radius 1 is 1.42 bits per heavy atom. The van der Waals surface area contributed by atoms with E-state index in [1.165, 1.54) is 12.8 Å². The fraction of sp³-hybridized carbons (Fsp3) is 0.533. The summed E-state index contributed by atoms with van der Waals surface area (Å²) in [4.78, 5) is 13.9. The number of benzene rings is 1. The molecule has 1 heterocycles. The lowest BCUT2D eigenvalue weighted by Crippen LogP contribution is -2.40. The van der Waals surface area contributed by atoms with Crippen molar-refractivity contribution in [2.75, 3.05) is 17.2 Å². The maximum atomic E-state index is 11.6. The zero-order valence-corrected chi connectivity index (χ0v) is 11.6. The van der Waals surface area contributed by atoms with Crippen LogP contribution in [0.2, 0.25) is 0 Å². The summed E-state index contributed by atoms with van der Waals surface area (Å²) in [5.41, 5.74) is 13.5. The van der Waals surface area contributed by atoms with Crippen molar-refractivity contribution in [1.29, 1.82) is 0 Å². The number of nitrogens with two attached hydrogens (primary N) is 2. The first kappa shape index (κ1) is 13.7. The molecule has 0 spiro atoms. The number of carbonyl (C=O) groups is 1. The van der Waals surface area contributed by atoms with E-state index in [1.807, 2.05) is 6.07 Å². The van der Waals surface area contributed by atoms with Crippen molar-refractivity contribution in [3.05, 3.63) is 23.8 Å². The van der Waals surface area contributed by atoms with Crippen LogP contribution in [0, 0.1) is 0 Å². The van der Waals surface area contributed by atoms with Crippen LogP contribution < -0.4 is 16.4 Å². The maximum absolute atomic E-state index is 11.6. The van der Waals surface area contributed by atoms with Gasteiger partial charge in [-0.3, -0.25) is 4.79 Å². The van der Waals surface area contributed by atoms with Gasteiger partial charge in [-0.2, -0.15) is 0 Å². The highest BCUT2D eigenvalue weighted by Gasteiger charge is 2.25. The molecule has 1 saturated heterocycles. The van der Waals surface area contributed by atoms with E-state index in [-0.39, 0.29) is 5.91 Å². The third kappa shape index (κ3) is 3.00. The highest BCUT2D eigenvalue weighted by Crippen LogP contribution is 2.31. The van der Waals surface area contributed by atoms with Crippen LogP contribution in [-0.4, -0.2) is 18.5 Å². The van der Waals surface area contributed by atoms with Crippen LogP contribution in [0.3, 0.4) is 0 Å². The van der Waals surface area contributed by atoms with Crippen LogP contribution in [0.4, 0.5) is 11.4 Å². The van der Waals surface area contributed by atoms with Gasteiger partial charge in [0.2, 0.25) is 0 Å². The molecule has 1 aromatic rings. The zero-order valence-electron chi connectivity index (χ0n) is 11.6. The minimum Gasteiger partial charge on any atom is -0.399 e. The lowest BCUT2D eigenvalue weighted by molar-refractivity contribution is 0.100. The molecule has 0 aliphatic carbocycles. The number of piperidine rings is 1. The molecule has 1 aliphatic heterocycles. The van der Waals surface area contributed by atoms with Crippen LogP contribution in [0.5, 0.6) is 0 Å². The standard InChI is InChI=1S/C15H23N3O/c1-2-5-12-6-3-4-9-18(12)14-10-11(16)7-8-13(14)15(17)19/h7-8,10,12H,2-6,9,16H2,1H3,(H2,17,19). The average Bonchev–Trinajstić information content (AvgIpc) is 2.39. The SMILES string of the molecule is CCCC1CCCCN1c1cc(N)ccc1C(N)=O. The molecule has 1 amide bonds. The summed E-state index contributed by atoms with van der Waals surface area (Å²) in [6.45, 7) is 3.18. The molecule has 2 rings (SSSR count). The van der Waals surface area contributed by atoms with Crippen LogP contribution in [0.1, 0.15) is 49.4 Å². The molecule has 4 N–H and O–H groups in total. The van der Waals surface area contributed by atoms with Gasteiger partial charge in [-0.25, -0.2) is 0 Å². The summed E-state index contributed by atoms with van der Waals surface area (Å²) < 4.78 is 0. The molecule has 1 unspecified atom stereocenters. The van der Waals surface area contributed by atoms with Crippen molar-refractivity contribution >= 4 is 17.3 Å². The number of hydrogen-bond donors (Lipinski definition) is 2. The van der Waals surface area contributed by atoms with E-state index in [0.717, 1.165) is 31.5 Å². The van der Waals surface area contributed by atoms with Crippen LogP contribution in [0.25, 0.3) is 0 Å². The van der Waals surface area contributed by atoms with E-state index in [1.54, 1.807) is 12.1 Å². The van der Waals surface area contributed by atoms with Crippen molar-refractivity contribution in [2.24, 2.45) is 5.73 Å². The Kier molecular flexibility index (Phi) is 4.30. The number of amides is 1. The summed E-state index contributed by atoms with van der Waals surface area (Å²) in [5.74, 6) is -0.379. The highest BCUT2D eigenvalue weighted by atomic mass is 16.1. The molecule has 0 aromatic heterocycles. The Balaban J connectivity index is 2.37. The van der Waals surface area contributed by atoms with Gasteiger partial charge >= 0.3 is 0 Å². The van der Waals surface area contributed by atoms with Gasteiger partial charge < -0.3 is 16.4 Å². The van der Waals surface area contributed by atoms with Gasteiger partial charge in [0, 0.05) is 18.3 Å². The largest absolute Gasteiger partial charge is 0.399 e. The van der Waals surface area contributed by atoms with Crippen molar-refractivity contribution in [3.8, 4) is 0 Å². The third-order valence-corrected chi connectivity index (χ3v) is 3.85. The Bertz CT molecular complexity index is 457. The normalized spacial score (nSPS) is 19.4. The van der Waals surface area contributed by atoms with E-state index < -0.39 is 0 Å². The number of primary amides is 1. The van der Waals surface area contributed by atoms with E-state index >= 15 is 0 Å². The monoisotopic (exact) mass is 261 g/mol. The molecule has 1 aliphatic rings. The first-order valence-corrected chi connectivity index (χ1v) is 7.09. The van der Waals surface area contributed by atoms with Gasteiger partial charge in [-0.05, 0) is 43.9 Å². The predicted octanol–water partition coefficient (Wildman–Crippen LogP) is 2.53. The number of nitrogens with zero attached hydrogens (tertiary/aromatic N) is 1. The summed E-state index contributed by atoms with van der Waals surface area (Å²) in [6, 6.07) is 5.86. The summed E-state index contributed by atoms with van der Waals surface area (Å²) in [7, 11) is 0. The van der Waals surface area contributed by atoms with E-state index in [9.17, 15) is 4.79 Å². The quantitative estimate of drug-likeness (QED) is 0.818. The minimum absolute atomic E-state index is 0.379. The molecular weight excluding hydrogens is 238 g/mol. The molecule has 4 nitrogen and oxygen atoms in total. The van der Waals surface area contributed by atoms with Crippen molar-refractivity contribution in [3.63, 3.8) is 0 Å². The van der Waals surface area contributed by atoms with Crippen molar-refractivity contribution in [1.82, 2.24) is 0 Å². The van der Waals surface area contributed by atoms with Gasteiger partial charge in [0.1, 0.15) is 0 Å². The van der Waals surface area contributed by atoms with E-state index in [4.69, 9.17) is 11.5 Å². The molecule has 1 atom stereocenters. The third-order valence-electron chi connectivity index (χ3n) is 3.85. The highest BCUT2D eigenvalue weighted by molar-refractivity contribution is 5.99. The molecule has 1 aromatic carbocycles. The maximum Gasteiger partial charge on any atom is 0.250 e. The van der Waals surface area contributed by atoms with Gasteiger partial charge in [0.25, 0.3) is 5.91 Å². The smallest absolute Gasteiger partial charge is 0.250 e. The fourth-order valence-electron chi connectivity index (χ4n) is 2.95. The molecule has 19 heavy (non-hydrogen) atoms. The average molecular weight is 261 g/mol. The first-order valence-electron chi connectivity index (χ1n) is 7.09. The number of nitrogen functional groups attached to an aromatic ring is 1. The predicted molar refractivity (Wildman–Crippen MR) is 79.3 cm³/mol. The second-order valence-corrected chi connectivity index (χ2v) is 5.27. The second-order valence-electron chi connectivity index (χ2n) is 5.27. The summed E-state index contributed by atoms with van der Waals surface area (Å²) in [5, 5.41) is 0. The number of carbonyl (C=O) groups excluding carboxylic acids is 1. The van der Waals surface area contributed by atoms with E-state index in [0.29, 0.717) is 17.3 Å². The Hall–Kier alpha value is -1.71. The minimum atomic E-state index is -0.379. The molecule has 0 radical (unpaired) electrons. The molecule has 104 valence electrons. The molecule has 1 fully saturated rings. The fourth-order valence-corrected chi connectivity index (χ4v) is 2.95.